The van der Waals surface area contributed by atoms with Crippen LogP contribution in [0.25, 0.3) is 0 Å². The van der Waals surface area contributed by atoms with E-state index in [1.165, 1.54) is 13.2 Å². The van der Waals surface area contributed by atoms with Gasteiger partial charge in [0.05, 0.1) is 29.4 Å². The van der Waals surface area contributed by atoms with Crippen molar-refractivity contribution in [2.24, 2.45) is 5.92 Å². The van der Waals surface area contributed by atoms with Crippen LogP contribution in [0.3, 0.4) is 0 Å². The van der Waals surface area contributed by atoms with E-state index in [4.69, 9.17) is 16.3 Å². The number of ether oxygens (including phenoxy) is 1. The maximum Gasteiger partial charge on any atom is 0.338 e. The molecule has 25 heavy (non-hydrogen) atoms. The van der Waals surface area contributed by atoms with Gasteiger partial charge in [-0.2, -0.15) is 0 Å². The molecule has 0 saturated heterocycles. The number of esters is 1. The van der Waals surface area contributed by atoms with Gasteiger partial charge in [0.2, 0.25) is 0 Å². The SMILES string of the molecule is COC(=O)c1ccc(Cl)c2c1[C@H]1C=CC[C@H]1[C@@H](c1cccc(F)c1)N2. The molecule has 3 nitrogen and oxygen atoms in total. The van der Waals surface area contributed by atoms with E-state index >= 15 is 0 Å². The molecule has 5 heteroatoms. The van der Waals surface area contributed by atoms with Crippen LogP contribution in [0.4, 0.5) is 10.1 Å². The number of nitrogens with one attached hydrogen (secondary N) is 1. The smallest absolute Gasteiger partial charge is 0.338 e. The first kappa shape index (κ1) is 16.2. The van der Waals surface area contributed by atoms with E-state index in [0.717, 1.165) is 23.2 Å². The van der Waals surface area contributed by atoms with Crippen molar-refractivity contribution in [3.63, 3.8) is 0 Å². The fraction of sp³-hybridized carbons (Fsp3) is 0.250. The van der Waals surface area contributed by atoms with Gasteiger partial charge < -0.3 is 10.1 Å². The lowest BCUT2D eigenvalue weighted by molar-refractivity contribution is 0.0598. The third-order valence-electron chi connectivity index (χ3n) is 5.08. The predicted molar refractivity (Wildman–Crippen MR) is 95.5 cm³/mol. The molecule has 0 radical (unpaired) electrons. The molecule has 0 unspecified atom stereocenters. The zero-order chi connectivity index (χ0) is 17.6. The number of hydrogen-bond acceptors (Lipinski definition) is 3. The minimum atomic E-state index is -0.377. The van der Waals surface area contributed by atoms with E-state index in [9.17, 15) is 9.18 Å². The summed E-state index contributed by atoms with van der Waals surface area (Å²) >= 11 is 6.42. The maximum absolute atomic E-state index is 13.7. The molecule has 1 aliphatic heterocycles. The van der Waals surface area contributed by atoms with Crippen molar-refractivity contribution in [3.8, 4) is 0 Å². The van der Waals surface area contributed by atoms with Gasteiger partial charge in [0.1, 0.15) is 5.82 Å². The number of halogens is 2. The van der Waals surface area contributed by atoms with E-state index in [1.807, 2.05) is 6.07 Å². The summed E-state index contributed by atoms with van der Waals surface area (Å²) in [6.45, 7) is 0. The molecule has 0 fully saturated rings. The summed E-state index contributed by atoms with van der Waals surface area (Å²) in [6.07, 6.45) is 5.07. The third-order valence-corrected chi connectivity index (χ3v) is 5.40. The predicted octanol–water partition coefficient (Wildman–Crippen LogP) is 5.09. The fourth-order valence-electron chi connectivity index (χ4n) is 3.99. The monoisotopic (exact) mass is 357 g/mol. The Hall–Kier alpha value is -2.33. The normalized spacial score (nSPS) is 23.6. The Morgan fingerprint density at radius 1 is 1.32 bits per heavy atom. The largest absolute Gasteiger partial charge is 0.465 e. The van der Waals surface area contributed by atoms with Crippen molar-refractivity contribution in [2.75, 3.05) is 12.4 Å². The minimum absolute atomic E-state index is 0.0392. The number of allylic oxidation sites excluding steroid dienone is 2. The molecule has 3 atom stereocenters. The topological polar surface area (TPSA) is 38.3 Å². The number of anilines is 1. The number of carbonyl (C=O) groups is 1. The first-order valence-corrected chi connectivity index (χ1v) is 8.57. The molecule has 1 N–H and O–H groups in total. The summed E-state index contributed by atoms with van der Waals surface area (Å²) < 4.78 is 18.7. The van der Waals surface area contributed by atoms with E-state index < -0.39 is 0 Å². The van der Waals surface area contributed by atoms with Gasteiger partial charge >= 0.3 is 5.97 Å². The van der Waals surface area contributed by atoms with Crippen LogP contribution in [0.2, 0.25) is 5.02 Å². The van der Waals surface area contributed by atoms with E-state index in [1.54, 1.807) is 24.3 Å². The first-order chi connectivity index (χ1) is 12.1. The molecule has 0 saturated carbocycles. The third kappa shape index (κ3) is 2.61. The van der Waals surface area contributed by atoms with Crippen molar-refractivity contribution in [1.82, 2.24) is 0 Å². The van der Waals surface area contributed by atoms with Crippen molar-refractivity contribution < 1.29 is 13.9 Å². The van der Waals surface area contributed by atoms with E-state index in [0.29, 0.717) is 10.6 Å². The molecule has 2 aromatic rings. The number of carbonyl (C=O) groups excluding carboxylic acids is 1. The highest BCUT2D eigenvalue weighted by Gasteiger charge is 2.41. The van der Waals surface area contributed by atoms with Crippen LogP contribution in [0, 0.1) is 11.7 Å². The molecule has 0 amide bonds. The van der Waals surface area contributed by atoms with Crippen molar-refractivity contribution >= 4 is 23.3 Å². The number of fused-ring (bicyclic) bond motifs is 3. The molecule has 1 heterocycles. The van der Waals surface area contributed by atoms with Gasteiger partial charge in [0.25, 0.3) is 0 Å². The fourth-order valence-corrected chi connectivity index (χ4v) is 4.21. The summed E-state index contributed by atoms with van der Waals surface area (Å²) in [5.74, 6) is -0.409. The molecular formula is C20H17ClFNO2. The highest BCUT2D eigenvalue weighted by Crippen LogP contribution is 2.52. The van der Waals surface area contributed by atoms with Crippen molar-refractivity contribution in [2.45, 2.75) is 18.4 Å². The van der Waals surface area contributed by atoms with Crippen LogP contribution < -0.4 is 5.32 Å². The van der Waals surface area contributed by atoms with Gasteiger partial charge in [0, 0.05) is 5.92 Å². The van der Waals surface area contributed by atoms with Gasteiger partial charge in [-0.25, -0.2) is 9.18 Å². The molecule has 0 aromatic heterocycles. The van der Waals surface area contributed by atoms with Gasteiger partial charge in [0.15, 0.2) is 0 Å². The Bertz CT molecular complexity index is 880. The van der Waals surface area contributed by atoms with Crippen LogP contribution in [0.15, 0.2) is 48.6 Å². The summed E-state index contributed by atoms with van der Waals surface area (Å²) in [5, 5.41) is 4.00. The highest BCUT2D eigenvalue weighted by atomic mass is 35.5. The molecule has 4 rings (SSSR count). The second-order valence-electron chi connectivity index (χ2n) is 6.41. The van der Waals surface area contributed by atoms with Crippen LogP contribution in [0.5, 0.6) is 0 Å². The van der Waals surface area contributed by atoms with Crippen LogP contribution in [-0.4, -0.2) is 13.1 Å². The average molecular weight is 358 g/mol. The Morgan fingerprint density at radius 3 is 2.92 bits per heavy atom. The summed E-state index contributed by atoms with van der Waals surface area (Å²) in [4.78, 5) is 12.2. The summed E-state index contributed by atoms with van der Waals surface area (Å²) in [6, 6.07) is 9.95. The number of methoxy groups -OCH3 is 1. The van der Waals surface area contributed by atoms with E-state index in [-0.39, 0.29) is 29.7 Å². The zero-order valence-electron chi connectivity index (χ0n) is 13.6. The van der Waals surface area contributed by atoms with Crippen molar-refractivity contribution in [3.05, 3.63) is 76.1 Å². The highest BCUT2D eigenvalue weighted by molar-refractivity contribution is 6.33. The average Bonchev–Trinajstić information content (AvgIpc) is 3.10. The Labute approximate surface area is 150 Å². The Balaban J connectivity index is 1.87. The number of hydrogen-bond donors (Lipinski definition) is 1. The second kappa shape index (κ2) is 6.19. The molecular weight excluding hydrogens is 341 g/mol. The second-order valence-corrected chi connectivity index (χ2v) is 6.81. The van der Waals surface area contributed by atoms with Crippen LogP contribution in [-0.2, 0) is 4.74 Å². The molecule has 128 valence electrons. The first-order valence-electron chi connectivity index (χ1n) is 8.19. The lowest BCUT2D eigenvalue weighted by atomic mass is 9.75. The molecule has 0 bridgehead atoms. The summed E-state index contributed by atoms with van der Waals surface area (Å²) in [5.41, 5.74) is 3.00. The standard InChI is InChI=1S/C20H17ClFNO2/c1-25-20(24)15-8-9-16(21)19-17(15)13-6-3-7-14(13)18(23-19)11-4-2-5-12(22)10-11/h2-6,8-10,13-14,18,23H,7H2,1H3/t13-,14+,18+/m0/s1. The lowest BCUT2D eigenvalue weighted by Gasteiger charge is -2.38. The van der Waals surface area contributed by atoms with Crippen molar-refractivity contribution in [1.29, 1.82) is 0 Å². The van der Waals surface area contributed by atoms with Crippen LogP contribution >= 0.6 is 11.6 Å². The van der Waals surface area contributed by atoms with Gasteiger partial charge in [-0.3, -0.25) is 0 Å². The Kier molecular flexibility index (Phi) is 4.00. The van der Waals surface area contributed by atoms with Gasteiger partial charge in [-0.15, -0.1) is 0 Å². The van der Waals surface area contributed by atoms with Crippen LogP contribution in [0.1, 0.15) is 39.9 Å². The minimum Gasteiger partial charge on any atom is -0.465 e. The molecule has 2 aromatic carbocycles. The zero-order valence-corrected chi connectivity index (χ0v) is 14.4. The molecule has 0 spiro atoms. The Morgan fingerprint density at radius 2 is 2.16 bits per heavy atom. The number of benzene rings is 2. The molecule has 1 aliphatic carbocycles. The quantitative estimate of drug-likeness (QED) is 0.600. The van der Waals surface area contributed by atoms with Gasteiger partial charge in [-0.1, -0.05) is 35.9 Å². The maximum atomic E-state index is 13.7. The summed E-state index contributed by atoms with van der Waals surface area (Å²) in [7, 11) is 1.37. The lowest BCUT2D eigenvalue weighted by Crippen LogP contribution is -2.30. The number of rotatable bonds is 2. The molecule has 2 aliphatic rings. The van der Waals surface area contributed by atoms with Gasteiger partial charge in [-0.05, 0) is 47.7 Å². The van der Waals surface area contributed by atoms with E-state index in [2.05, 4.69) is 17.5 Å².